The van der Waals surface area contributed by atoms with Crippen molar-refractivity contribution in [2.75, 3.05) is 5.75 Å². The van der Waals surface area contributed by atoms with Crippen molar-refractivity contribution in [3.05, 3.63) is 0 Å². The summed E-state index contributed by atoms with van der Waals surface area (Å²) in [7, 11) is -2.78. The molecule has 0 heterocycles. The summed E-state index contributed by atoms with van der Waals surface area (Å²) in [6, 6.07) is 0. The maximum atomic E-state index is 11.8. The number of sulfone groups is 1. The molecular formula is C10H20O2S. The third-order valence-corrected chi connectivity index (χ3v) is 5.24. The molecule has 2 nitrogen and oxygen atoms in total. The van der Waals surface area contributed by atoms with E-state index in [0.717, 1.165) is 25.7 Å². The van der Waals surface area contributed by atoms with Crippen LogP contribution in [0, 0.1) is 5.92 Å². The van der Waals surface area contributed by atoms with Gasteiger partial charge in [-0.15, -0.1) is 0 Å². The molecule has 13 heavy (non-hydrogen) atoms. The van der Waals surface area contributed by atoms with Crippen molar-refractivity contribution in [2.45, 2.75) is 51.2 Å². The summed E-state index contributed by atoms with van der Waals surface area (Å²) in [4.78, 5) is 0. The highest BCUT2D eigenvalue weighted by Gasteiger charge is 2.27. The molecule has 1 aliphatic rings. The molecule has 0 atom stereocenters. The van der Waals surface area contributed by atoms with Crippen LogP contribution in [0.1, 0.15) is 46.0 Å². The van der Waals surface area contributed by atoms with E-state index in [0.29, 0.717) is 5.75 Å². The van der Waals surface area contributed by atoms with Gasteiger partial charge in [0.2, 0.25) is 0 Å². The van der Waals surface area contributed by atoms with Crippen molar-refractivity contribution in [1.29, 1.82) is 0 Å². The molecule has 0 N–H and O–H groups in total. The average Bonchev–Trinajstić information content (AvgIpc) is 2.04. The van der Waals surface area contributed by atoms with E-state index >= 15 is 0 Å². The monoisotopic (exact) mass is 204 g/mol. The number of hydrogen-bond donors (Lipinski definition) is 0. The van der Waals surface area contributed by atoms with E-state index in [-0.39, 0.29) is 11.2 Å². The fourth-order valence-corrected chi connectivity index (χ4v) is 4.28. The van der Waals surface area contributed by atoms with Crippen molar-refractivity contribution in [3.8, 4) is 0 Å². The van der Waals surface area contributed by atoms with Gasteiger partial charge in [-0.3, -0.25) is 0 Å². The van der Waals surface area contributed by atoms with Gasteiger partial charge in [-0.2, -0.15) is 0 Å². The van der Waals surface area contributed by atoms with E-state index in [1.165, 1.54) is 6.42 Å². The summed E-state index contributed by atoms with van der Waals surface area (Å²) < 4.78 is 23.6. The first-order valence-electron chi connectivity index (χ1n) is 5.24. The molecule has 0 amide bonds. The van der Waals surface area contributed by atoms with Crippen LogP contribution in [0.3, 0.4) is 0 Å². The Morgan fingerprint density at radius 3 is 2.15 bits per heavy atom. The van der Waals surface area contributed by atoms with Gasteiger partial charge in [-0.1, -0.05) is 33.1 Å². The largest absolute Gasteiger partial charge is 0.229 e. The zero-order valence-electron chi connectivity index (χ0n) is 8.62. The van der Waals surface area contributed by atoms with Crippen LogP contribution >= 0.6 is 0 Å². The third kappa shape index (κ3) is 3.29. The van der Waals surface area contributed by atoms with Crippen LogP contribution in [0.5, 0.6) is 0 Å². The molecule has 0 aromatic carbocycles. The molecule has 0 aromatic heterocycles. The maximum absolute atomic E-state index is 11.8. The molecule has 1 aliphatic carbocycles. The molecule has 0 saturated heterocycles. The second-order valence-electron chi connectivity index (χ2n) is 4.48. The Hall–Kier alpha value is -0.0500. The van der Waals surface area contributed by atoms with Gasteiger partial charge in [-0.05, 0) is 18.8 Å². The molecule has 78 valence electrons. The zero-order valence-corrected chi connectivity index (χ0v) is 9.44. The first kappa shape index (κ1) is 11.0. The first-order valence-corrected chi connectivity index (χ1v) is 6.95. The normalized spacial score (nSPS) is 20.8. The predicted molar refractivity (Wildman–Crippen MR) is 55.5 cm³/mol. The zero-order chi connectivity index (χ0) is 9.90. The van der Waals surface area contributed by atoms with Gasteiger partial charge in [0.1, 0.15) is 0 Å². The average molecular weight is 204 g/mol. The minimum atomic E-state index is -2.78. The lowest BCUT2D eigenvalue weighted by Gasteiger charge is -2.22. The Balaban J connectivity index is 2.57. The van der Waals surface area contributed by atoms with Crippen molar-refractivity contribution in [1.82, 2.24) is 0 Å². The van der Waals surface area contributed by atoms with E-state index in [1.54, 1.807) is 0 Å². The summed E-state index contributed by atoms with van der Waals surface area (Å²) >= 11 is 0. The summed E-state index contributed by atoms with van der Waals surface area (Å²) in [5, 5.41) is -0.0244. The second kappa shape index (κ2) is 4.45. The van der Waals surface area contributed by atoms with Gasteiger partial charge in [0, 0.05) is 0 Å². The SMILES string of the molecule is CC(C)CS(=O)(=O)C1CCCCC1. The Bertz CT molecular complexity index is 236. The van der Waals surface area contributed by atoms with E-state index in [9.17, 15) is 8.42 Å². The predicted octanol–water partition coefficient (Wildman–Crippen LogP) is 2.39. The molecule has 0 aliphatic heterocycles. The molecule has 0 unspecified atom stereocenters. The molecule has 0 bridgehead atoms. The van der Waals surface area contributed by atoms with Crippen LogP contribution in [0.4, 0.5) is 0 Å². The number of rotatable bonds is 3. The summed E-state index contributed by atoms with van der Waals surface area (Å²) in [6.07, 6.45) is 5.21. The van der Waals surface area contributed by atoms with E-state index in [4.69, 9.17) is 0 Å². The smallest absolute Gasteiger partial charge is 0.153 e. The fraction of sp³-hybridized carbons (Fsp3) is 1.00. The molecular weight excluding hydrogens is 184 g/mol. The highest BCUT2D eigenvalue weighted by Crippen LogP contribution is 2.25. The Morgan fingerprint density at radius 2 is 1.69 bits per heavy atom. The first-order chi connectivity index (χ1) is 6.02. The van der Waals surface area contributed by atoms with E-state index in [1.807, 2.05) is 13.8 Å². The van der Waals surface area contributed by atoms with E-state index in [2.05, 4.69) is 0 Å². The van der Waals surface area contributed by atoms with Crippen molar-refractivity contribution in [3.63, 3.8) is 0 Å². The molecule has 0 radical (unpaired) electrons. The second-order valence-corrected chi connectivity index (χ2v) is 6.81. The van der Waals surface area contributed by atoms with Crippen molar-refractivity contribution < 1.29 is 8.42 Å². The molecule has 3 heteroatoms. The van der Waals surface area contributed by atoms with Crippen molar-refractivity contribution in [2.24, 2.45) is 5.92 Å². The molecule has 0 aromatic rings. The molecule has 1 saturated carbocycles. The quantitative estimate of drug-likeness (QED) is 0.707. The Kier molecular flexibility index (Phi) is 3.77. The highest BCUT2D eigenvalue weighted by atomic mass is 32.2. The van der Waals surface area contributed by atoms with Crippen LogP contribution in [-0.4, -0.2) is 19.4 Å². The lowest BCUT2D eigenvalue weighted by molar-refractivity contribution is 0.480. The van der Waals surface area contributed by atoms with Crippen LogP contribution in [0.15, 0.2) is 0 Å². The molecule has 0 spiro atoms. The van der Waals surface area contributed by atoms with Gasteiger partial charge in [-0.25, -0.2) is 8.42 Å². The van der Waals surface area contributed by atoms with Crippen LogP contribution in [-0.2, 0) is 9.84 Å². The number of hydrogen-bond acceptors (Lipinski definition) is 2. The van der Waals surface area contributed by atoms with Crippen LogP contribution in [0.2, 0.25) is 0 Å². The summed E-state index contributed by atoms with van der Waals surface area (Å²) in [6.45, 7) is 3.95. The summed E-state index contributed by atoms with van der Waals surface area (Å²) in [5.74, 6) is 0.643. The van der Waals surface area contributed by atoms with Gasteiger partial charge in [0.25, 0.3) is 0 Å². The topological polar surface area (TPSA) is 34.1 Å². The summed E-state index contributed by atoms with van der Waals surface area (Å²) in [5.41, 5.74) is 0. The third-order valence-electron chi connectivity index (χ3n) is 2.63. The fourth-order valence-electron chi connectivity index (χ4n) is 2.02. The van der Waals surface area contributed by atoms with Gasteiger partial charge < -0.3 is 0 Å². The lowest BCUT2D eigenvalue weighted by atomic mass is 10.0. The lowest BCUT2D eigenvalue weighted by Crippen LogP contribution is -2.28. The van der Waals surface area contributed by atoms with Gasteiger partial charge >= 0.3 is 0 Å². The highest BCUT2D eigenvalue weighted by molar-refractivity contribution is 7.92. The Morgan fingerprint density at radius 1 is 1.15 bits per heavy atom. The van der Waals surface area contributed by atoms with Gasteiger partial charge in [0.15, 0.2) is 9.84 Å². The minimum absolute atomic E-state index is 0.0244. The minimum Gasteiger partial charge on any atom is -0.229 e. The maximum Gasteiger partial charge on any atom is 0.153 e. The van der Waals surface area contributed by atoms with Crippen LogP contribution < -0.4 is 0 Å². The van der Waals surface area contributed by atoms with Gasteiger partial charge in [0.05, 0.1) is 11.0 Å². The van der Waals surface area contributed by atoms with E-state index < -0.39 is 9.84 Å². The standard InChI is InChI=1S/C10H20O2S/c1-9(2)8-13(11,12)10-6-4-3-5-7-10/h9-10H,3-8H2,1-2H3. The molecule has 1 fully saturated rings. The Labute approximate surface area is 81.6 Å². The van der Waals surface area contributed by atoms with Crippen LogP contribution in [0.25, 0.3) is 0 Å². The van der Waals surface area contributed by atoms with Crippen molar-refractivity contribution >= 4 is 9.84 Å². The molecule has 1 rings (SSSR count).